The fourth-order valence-electron chi connectivity index (χ4n) is 0.129. The molecule has 8 nitrogen and oxygen atoms in total. The summed E-state index contributed by atoms with van der Waals surface area (Å²) < 4.78 is 0. The number of carbonyl (C=O) groups is 2. The van der Waals surface area contributed by atoms with Gasteiger partial charge in [0.05, 0.1) is 0 Å². The third-order valence-corrected chi connectivity index (χ3v) is 0.302. The van der Waals surface area contributed by atoms with Gasteiger partial charge in [0, 0.05) is 17.1 Å². The molecule has 0 fully saturated rings. The third kappa shape index (κ3) is 58.8. The number of carboxylic acids is 2. The molecule has 0 unspecified atom stereocenters. The van der Waals surface area contributed by atoms with Gasteiger partial charge in [0.2, 0.25) is 0 Å². The molecular weight excluding hydrogens is 228 g/mol. The molecule has 83 valence electrons. The first-order chi connectivity index (χ1) is 3.13. The van der Waals surface area contributed by atoms with Crippen LogP contribution < -0.4 is 0 Å². The molecule has 0 atom stereocenters. The van der Waals surface area contributed by atoms with Gasteiger partial charge in [-0.15, -0.1) is 0 Å². The normalized spacial score (nSPS) is 4.67. The van der Waals surface area contributed by atoms with Gasteiger partial charge in [0.25, 0.3) is 0 Å². The van der Waals surface area contributed by atoms with Crippen molar-refractivity contribution >= 4 is 11.9 Å². The summed E-state index contributed by atoms with van der Waals surface area (Å²) in [5.41, 5.74) is 0. The van der Waals surface area contributed by atoms with E-state index in [1.807, 2.05) is 0 Å². The summed E-state index contributed by atoms with van der Waals surface area (Å²) in [4.78, 5) is 18.9. The van der Waals surface area contributed by atoms with Gasteiger partial charge in [0.15, 0.2) is 0 Å². The van der Waals surface area contributed by atoms with Gasteiger partial charge in [-0.25, -0.2) is 0 Å². The summed E-state index contributed by atoms with van der Waals surface area (Å²) in [7, 11) is 0. The minimum absolute atomic E-state index is 0. The minimum Gasteiger partial charge on any atom is -0.481 e. The molecular formula is C3H12CuO8. The van der Waals surface area contributed by atoms with Gasteiger partial charge in [-0.2, -0.15) is 0 Å². The Balaban J connectivity index is -0.0000000180. The largest absolute Gasteiger partial charge is 0.481 e. The predicted octanol–water partition coefficient (Wildman–Crippen LogP) is -3.76. The van der Waals surface area contributed by atoms with Crippen LogP contribution in [0.25, 0.3) is 0 Å². The van der Waals surface area contributed by atoms with E-state index in [0.29, 0.717) is 0 Å². The van der Waals surface area contributed by atoms with Crippen LogP contribution in [0.3, 0.4) is 0 Å². The van der Waals surface area contributed by atoms with E-state index in [2.05, 4.69) is 0 Å². The maximum absolute atomic E-state index is 9.43. The maximum atomic E-state index is 9.43. The molecule has 9 heteroatoms. The molecule has 0 aliphatic carbocycles. The quantitative estimate of drug-likeness (QED) is 0.368. The second-order valence-electron chi connectivity index (χ2n) is 0.964. The zero-order valence-electron chi connectivity index (χ0n) is 5.72. The Bertz CT molecular complexity index is 90.5. The molecule has 0 saturated heterocycles. The van der Waals surface area contributed by atoms with Crippen molar-refractivity contribution in [3.05, 3.63) is 0 Å². The Morgan fingerprint density at radius 1 is 0.833 bits per heavy atom. The van der Waals surface area contributed by atoms with E-state index < -0.39 is 18.4 Å². The van der Waals surface area contributed by atoms with Gasteiger partial charge in [-0.3, -0.25) is 9.59 Å². The second kappa shape index (κ2) is 22.4. The van der Waals surface area contributed by atoms with Crippen LogP contribution in [0.5, 0.6) is 0 Å². The molecule has 0 aliphatic heterocycles. The van der Waals surface area contributed by atoms with Crippen molar-refractivity contribution in [2.75, 3.05) is 0 Å². The molecule has 0 bridgehead atoms. The number of carboxylic acid groups (broad SMARTS) is 2. The molecule has 0 spiro atoms. The van der Waals surface area contributed by atoms with E-state index in [1.54, 1.807) is 0 Å². The van der Waals surface area contributed by atoms with Crippen LogP contribution in [0.15, 0.2) is 0 Å². The van der Waals surface area contributed by atoms with Crippen LogP contribution >= 0.6 is 0 Å². The van der Waals surface area contributed by atoms with Gasteiger partial charge in [-0.1, -0.05) is 0 Å². The monoisotopic (exact) mass is 239 g/mol. The molecule has 10 N–H and O–H groups in total. The zero-order valence-corrected chi connectivity index (χ0v) is 6.66. The van der Waals surface area contributed by atoms with Crippen LogP contribution in [-0.4, -0.2) is 44.1 Å². The summed E-state index contributed by atoms with van der Waals surface area (Å²) in [5.74, 6) is -2.62. The van der Waals surface area contributed by atoms with Crippen molar-refractivity contribution in [1.29, 1.82) is 0 Å². The van der Waals surface area contributed by atoms with Crippen molar-refractivity contribution in [2.24, 2.45) is 0 Å². The Morgan fingerprint density at radius 2 is 1.00 bits per heavy atom. The predicted molar refractivity (Wildman–Crippen MR) is 34.3 cm³/mol. The molecule has 0 aromatic carbocycles. The fraction of sp³-hybridized carbons (Fsp3) is 0.333. The fourth-order valence-corrected chi connectivity index (χ4v) is 0.129. The third-order valence-electron chi connectivity index (χ3n) is 0.302. The molecule has 0 aromatic rings. The van der Waals surface area contributed by atoms with Crippen molar-refractivity contribution < 1.29 is 58.8 Å². The number of rotatable bonds is 2. The molecule has 0 rings (SSSR count). The van der Waals surface area contributed by atoms with Gasteiger partial charge < -0.3 is 32.1 Å². The summed E-state index contributed by atoms with van der Waals surface area (Å²) in [5, 5.41) is 15.4. The van der Waals surface area contributed by atoms with Crippen molar-refractivity contribution in [2.45, 2.75) is 6.42 Å². The summed E-state index contributed by atoms with van der Waals surface area (Å²) in [6.07, 6.45) is -0.806. The number of hydrogen-bond acceptors (Lipinski definition) is 2. The van der Waals surface area contributed by atoms with Crippen molar-refractivity contribution in [3.63, 3.8) is 0 Å². The summed E-state index contributed by atoms with van der Waals surface area (Å²) in [6, 6.07) is 0. The first-order valence-corrected chi connectivity index (χ1v) is 1.56. The van der Waals surface area contributed by atoms with E-state index in [4.69, 9.17) is 10.2 Å². The van der Waals surface area contributed by atoms with Crippen LogP contribution in [0, 0.1) is 0 Å². The van der Waals surface area contributed by atoms with E-state index in [0.717, 1.165) is 0 Å². The van der Waals surface area contributed by atoms with E-state index in [1.165, 1.54) is 0 Å². The van der Waals surface area contributed by atoms with E-state index >= 15 is 0 Å². The molecule has 12 heavy (non-hydrogen) atoms. The molecule has 0 saturated carbocycles. The maximum Gasteiger partial charge on any atom is 0.314 e. The Kier molecular flexibility index (Phi) is 79.8. The number of aliphatic carboxylic acids is 2. The molecule has 0 heterocycles. The number of hydrogen-bond donors (Lipinski definition) is 2. The van der Waals surface area contributed by atoms with Gasteiger partial charge in [-0.05, 0) is 0 Å². The van der Waals surface area contributed by atoms with Crippen LogP contribution in [-0.2, 0) is 26.7 Å². The molecule has 0 amide bonds. The Labute approximate surface area is 77.9 Å². The standard InChI is InChI=1S/C3H4O4.Cu.4H2O/c4-2(5)1-3(6)7;;;;;/h1H2,(H,4,5)(H,6,7);;4*1H2. The first-order valence-electron chi connectivity index (χ1n) is 1.56. The van der Waals surface area contributed by atoms with Crippen LogP contribution in [0.2, 0.25) is 0 Å². The zero-order chi connectivity index (χ0) is 5.86. The summed E-state index contributed by atoms with van der Waals surface area (Å²) in [6.45, 7) is 0. The average Bonchev–Trinajstić information content (AvgIpc) is 1.27. The van der Waals surface area contributed by atoms with E-state index in [9.17, 15) is 9.59 Å². The molecule has 1 radical (unpaired) electrons. The van der Waals surface area contributed by atoms with Crippen molar-refractivity contribution in [1.82, 2.24) is 0 Å². The Hall–Kier alpha value is -0.701. The van der Waals surface area contributed by atoms with Crippen molar-refractivity contribution in [3.8, 4) is 0 Å². The molecule has 0 aliphatic rings. The van der Waals surface area contributed by atoms with E-state index in [-0.39, 0.29) is 39.0 Å². The molecule has 0 aromatic heterocycles. The topological polar surface area (TPSA) is 201 Å². The SMILES string of the molecule is O.O.O.O.O=C(O)CC(=O)O.[Cu]. The van der Waals surface area contributed by atoms with Crippen LogP contribution in [0.4, 0.5) is 0 Å². The minimum atomic E-state index is -1.31. The van der Waals surface area contributed by atoms with Gasteiger partial charge >= 0.3 is 11.9 Å². The Morgan fingerprint density at radius 3 is 1.00 bits per heavy atom. The smallest absolute Gasteiger partial charge is 0.314 e. The summed E-state index contributed by atoms with van der Waals surface area (Å²) >= 11 is 0. The average molecular weight is 240 g/mol. The van der Waals surface area contributed by atoms with Crippen LogP contribution in [0.1, 0.15) is 6.42 Å². The second-order valence-corrected chi connectivity index (χ2v) is 0.964. The van der Waals surface area contributed by atoms with Gasteiger partial charge in [0.1, 0.15) is 6.42 Å². The first kappa shape index (κ1) is 42.7.